The molecule has 2 atom stereocenters. The van der Waals surface area contributed by atoms with Crippen molar-refractivity contribution in [2.45, 2.75) is 45.6 Å². The smallest absolute Gasteiger partial charge is 0.0332 e. The second kappa shape index (κ2) is 8.92. The molecular formula is C18H29BrN2. The maximum Gasteiger partial charge on any atom is 0.0332 e. The van der Waals surface area contributed by atoms with Crippen molar-refractivity contribution < 1.29 is 0 Å². The van der Waals surface area contributed by atoms with E-state index in [4.69, 9.17) is 0 Å². The van der Waals surface area contributed by atoms with Gasteiger partial charge in [0.2, 0.25) is 0 Å². The molecule has 0 amide bonds. The van der Waals surface area contributed by atoms with Crippen LogP contribution in [-0.4, -0.2) is 31.1 Å². The third kappa shape index (κ3) is 5.72. The predicted octanol–water partition coefficient (Wildman–Crippen LogP) is 4.61. The molecule has 1 aliphatic rings. The van der Waals surface area contributed by atoms with Crippen LogP contribution in [0.4, 0.5) is 0 Å². The molecule has 1 saturated heterocycles. The Hall–Kier alpha value is -0.380. The monoisotopic (exact) mass is 352 g/mol. The first-order chi connectivity index (χ1) is 10.2. The number of hydrogen-bond donors (Lipinski definition) is 1. The molecular weight excluding hydrogens is 324 g/mol. The molecule has 0 saturated carbocycles. The molecule has 1 aliphatic heterocycles. The van der Waals surface area contributed by atoms with Crippen molar-refractivity contribution in [3.8, 4) is 0 Å². The number of halogens is 1. The van der Waals surface area contributed by atoms with Crippen molar-refractivity contribution >= 4 is 15.9 Å². The molecule has 0 radical (unpaired) electrons. The van der Waals surface area contributed by atoms with E-state index in [1.54, 1.807) is 0 Å². The zero-order chi connectivity index (χ0) is 15.1. The van der Waals surface area contributed by atoms with Crippen LogP contribution in [0.3, 0.4) is 0 Å². The normalized spacial score (nSPS) is 22.0. The lowest BCUT2D eigenvalue weighted by Crippen LogP contribution is -2.30. The Labute approximate surface area is 138 Å². The fraction of sp³-hybridized carbons (Fsp3) is 0.667. The summed E-state index contributed by atoms with van der Waals surface area (Å²) in [6.45, 7) is 9.38. The van der Waals surface area contributed by atoms with Crippen LogP contribution in [0.2, 0.25) is 0 Å². The summed E-state index contributed by atoms with van der Waals surface area (Å²) in [6.07, 6.45) is 5.33. The average Bonchev–Trinajstić information content (AvgIpc) is 2.69. The summed E-state index contributed by atoms with van der Waals surface area (Å²) < 4.78 is 1.16. The lowest BCUT2D eigenvalue weighted by atomic mass is 10.0. The summed E-state index contributed by atoms with van der Waals surface area (Å²) >= 11 is 3.52. The molecule has 0 bridgehead atoms. The number of hydrogen-bond acceptors (Lipinski definition) is 2. The molecule has 1 heterocycles. The molecule has 1 N–H and O–H groups in total. The Morgan fingerprint density at radius 2 is 2.00 bits per heavy atom. The summed E-state index contributed by atoms with van der Waals surface area (Å²) in [5.41, 5.74) is 1.41. The third-order valence-corrected chi connectivity index (χ3v) is 5.09. The predicted molar refractivity (Wildman–Crippen MR) is 94.6 cm³/mol. The highest BCUT2D eigenvalue weighted by Crippen LogP contribution is 2.22. The van der Waals surface area contributed by atoms with E-state index in [1.165, 1.54) is 50.9 Å². The van der Waals surface area contributed by atoms with E-state index in [9.17, 15) is 0 Å². The fourth-order valence-corrected chi connectivity index (χ4v) is 3.45. The van der Waals surface area contributed by atoms with Crippen molar-refractivity contribution in [2.24, 2.45) is 5.92 Å². The van der Waals surface area contributed by atoms with E-state index in [2.05, 4.69) is 64.3 Å². The first-order valence-electron chi connectivity index (χ1n) is 8.40. The highest BCUT2D eigenvalue weighted by atomic mass is 79.9. The van der Waals surface area contributed by atoms with Crippen LogP contribution in [0.5, 0.6) is 0 Å². The van der Waals surface area contributed by atoms with Crippen molar-refractivity contribution in [3.63, 3.8) is 0 Å². The van der Waals surface area contributed by atoms with Gasteiger partial charge in [-0.2, -0.15) is 0 Å². The van der Waals surface area contributed by atoms with Gasteiger partial charge in [0.25, 0.3) is 0 Å². The maximum absolute atomic E-state index is 3.64. The van der Waals surface area contributed by atoms with Crippen LogP contribution < -0.4 is 5.32 Å². The summed E-state index contributed by atoms with van der Waals surface area (Å²) in [5.74, 6) is 0.908. The Kier molecular flexibility index (Phi) is 7.21. The summed E-state index contributed by atoms with van der Waals surface area (Å²) in [6, 6.07) is 9.24. The standard InChI is InChI=1S/C18H29BrN2/c1-3-20-18(16-6-8-17(19)9-7-16)11-14-21-12-4-5-15(2)10-13-21/h6-9,15,18,20H,3-5,10-14H2,1-2H3. The number of nitrogens with one attached hydrogen (secondary N) is 1. The van der Waals surface area contributed by atoms with Crippen LogP contribution in [0.25, 0.3) is 0 Å². The van der Waals surface area contributed by atoms with E-state index in [0.717, 1.165) is 16.9 Å². The molecule has 0 aliphatic carbocycles. The van der Waals surface area contributed by atoms with Crippen LogP contribution in [-0.2, 0) is 0 Å². The van der Waals surface area contributed by atoms with Gasteiger partial charge >= 0.3 is 0 Å². The van der Waals surface area contributed by atoms with Gasteiger partial charge < -0.3 is 10.2 Å². The van der Waals surface area contributed by atoms with Gasteiger partial charge in [0.15, 0.2) is 0 Å². The van der Waals surface area contributed by atoms with Gasteiger partial charge in [-0.25, -0.2) is 0 Å². The summed E-state index contributed by atoms with van der Waals surface area (Å²) in [7, 11) is 0. The average molecular weight is 353 g/mol. The molecule has 0 spiro atoms. The van der Waals surface area contributed by atoms with E-state index >= 15 is 0 Å². The Bertz CT molecular complexity index is 404. The third-order valence-electron chi connectivity index (χ3n) is 4.57. The lowest BCUT2D eigenvalue weighted by Gasteiger charge is -2.24. The molecule has 1 aromatic carbocycles. The molecule has 21 heavy (non-hydrogen) atoms. The number of rotatable bonds is 6. The summed E-state index contributed by atoms with van der Waals surface area (Å²) in [5, 5.41) is 3.64. The molecule has 2 rings (SSSR count). The molecule has 3 heteroatoms. The zero-order valence-electron chi connectivity index (χ0n) is 13.4. The molecule has 2 nitrogen and oxygen atoms in total. The summed E-state index contributed by atoms with van der Waals surface area (Å²) in [4.78, 5) is 2.66. The minimum atomic E-state index is 0.476. The quantitative estimate of drug-likeness (QED) is 0.803. The van der Waals surface area contributed by atoms with E-state index < -0.39 is 0 Å². The van der Waals surface area contributed by atoms with Crippen LogP contribution in [0.1, 0.15) is 51.1 Å². The minimum absolute atomic E-state index is 0.476. The second-order valence-electron chi connectivity index (χ2n) is 6.33. The Morgan fingerprint density at radius 1 is 1.24 bits per heavy atom. The maximum atomic E-state index is 3.64. The molecule has 118 valence electrons. The SMILES string of the molecule is CCNC(CCN1CCCC(C)CC1)c1ccc(Br)cc1. The van der Waals surface area contributed by atoms with Crippen LogP contribution in [0.15, 0.2) is 28.7 Å². The van der Waals surface area contributed by atoms with Crippen molar-refractivity contribution in [3.05, 3.63) is 34.3 Å². The molecule has 1 fully saturated rings. The van der Waals surface area contributed by atoms with Crippen molar-refractivity contribution in [1.29, 1.82) is 0 Å². The second-order valence-corrected chi connectivity index (χ2v) is 7.24. The van der Waals surface area contributed by atoms with E-state index in [0.29, 0.717) is 6.04 Å². The van der Waals surface area contributed by atoms with Gasteiger partial charge in [0.1, 0.15) is 0 Å². The molecule has 0 aromatic heterocycles. The molecule has 1 aromatic rings. The first kappa shape index (κ1) is 17.0. The number of likely N-dealkylation sites (tertiary alicyclic amines) is 1. The number of nitrogens with zero attached hydrogens (tertiary/aromatic N) is 1. The van der Waals surface area contributed by atoms with Gasteiger partial charge in [0, 0.05) is 10.5 Å². The van der Waals surface area contributed by atoms with E-state index in [1.807, 2.05) is 0 Å². The highest BCUT2D eigenvalue weighted by Gasteiger charge is 2.16. The largest absolute Gasteiger partial charge is 0.310 e. The van der Waals surface area contributed by atoms with Crippen molar-refractivity contribution in [2.75, 3.05) is 26.2 Å². The zero-order valence-corrected chi connectivity index (χ0v) is 15.0. The van der Waals surface area contributed by atoms with Gasteiger partial charge in [-0.15, -0.1) is 0 Å². The van der Waals surface area contributed by atoms with Crippen LogP contribution >= 0.6 is 15.9 Å². The fourth-order valence-electron chi connectivity index (χ4n) is 3.19. The van der Waals surface area contributed by atoms with Gasteiger partial charge in [-0.1, -0.05) is 41.9 Å². The minimum Gasteiger partial charge on any atom is -0.310 e. The van der Waals surface area contributed by atoms with Crippen molar-refractivity contribution in [1.82, 2.24) is 10.2 Å². The van der Waals surface area contributed by atoms with Gasteiger partial charge in [-0.05, 0) is 75.5 Å². The van der Waals surface area contributed by atoms with Gasteiger partial charge in [0.05, 0.1) is 0 Å². The van der Waals surface area contributed by atoms with Crippen LogP contribution in [0, 0.1) is 5.92 Å². The topological polar surface area (TPSA) is 15.3 Å². The van der Waals surface area contributed by atoms with Gasteiger partial charge in [-0.3, -0.25) is 0 Å². The lowest BCUT2D eigenvalue weighted by molar-refractivity contribution is 0.264. The Balaban J connectivity index is 1.89. The number of benzene rings is 1. The Morgan fingerprint density at radius 3 is 2.71 bits per heavy atom. The molecule has 2 unspecified atom stereocenters. The highest BCUT2D eigenvalue weighted by molar-refractivity contribution is 9.10. The van der Waals surface area contributed by atoms with E-state index in [-0.39, 0.29) is 0 Å². The first-order valence-corrected chi connectivity index (χ1v) is 9.19.